The minimum Gasteiger partial charge on any atom is -0.361 e. The predicted octanol–water partition coefficient (Wildman–Crippen LogP) is 3.85. The van der Waals surface area contributed by atoms with E-state index in [1.807, 2.05) is 6.20 Å². The molecule has 0 aliphatic carbocycles. The molecular weight excluding hydrogens is 170 g/mol. The fourth-order valence-corrected chi connectivity index (χ4v) is 2.03. The number of H-pyrrole nitrogens is 1. The van der Waals surface area contributed by atoms with Crippen molar-refractivity contribution in [3.8, 4) is 0 Å². The van der Waals surface area contributed by atoms with E-state index in [1.54, 1.807) is 0 Å². The quantitative estimate of drug-likeness (QED) is 0.735. The Morgan fingerprint density at radius 2 is 2.00 bits per heavy atom. The van der Waals surface area contributed by atoms with Gasteiger partial charge in [-0.25, -0.2) is 0 Å². The van der Waals surface area contributed by atoms with Gasteiger partial charge in [0, 0.05) is 17.1 Å². The Kier molecular flexibility index (Phi) is 2.32. The van der Waals surface area contributed by atoms with Gasteiger partial charge in [0.1, 0.15) is 0 Å². The minimum absolute atomic E-state index is 0.585. The Hall–Kier alpha value is -1.24. The van der Waals surface area contributed by atoms with Crippen LogP contribution in [0.5, 0.6) is 0 Å². The lowest BCUT2D eigenvalue weighted by atomic mass is 9.97. The number of benzene rings is 1. The topological polar surface area (TPSA) is 15.8 Å². The highest BCUT2D eigenvalue weighted by molar-refractivity contribution is 5.86. The molecule has 0 aliphatic rings. The van der Waals surface area contributed by atoms with Crippen LogP contribution in [0.15, 0.2) is 24.4 Å². The van der Waals surface area contributed by atoms with Gasteiger partial charge in [0.25, 0.3) is 0 Å². The van der Waals surface area contributed by atoms with E-state index in [4.69, 9.17) is 0 Å². The van der Waals surface area contributed by atoms with Crippen LogP contribution in [0, 0.1) is 0 Å². The Bertz CT molecular complexity index is 437. The van der Waals surface area contributed by atoms with Crippen molar-refractivity contribution < 1.29 is 0 Å². The third-order valence-corrected chi connectivity index (χ3v) is 2.85. The summed E-state index contributed by atoms with van der Waals surface area (Å²) in [5.41, 5.74) is 4.17. The van der Waals surface area contributed by atoms with Gasteiger partial charge in [0.15, 0.2) is 0 Å². The number of aromatic nitrogens is 1. The summed E-state index contributed by atoms with van der Waals surface area (Å²) in [5, 5.41) is 1.39. The lowest BCUT2D eigenvalue weighted by molar-refractivity contribution is 0.872. The first-order valence-electron chi connectivity index (χ1n) is 5.33. The molecule has 0 amide bonds. The molecular formula is C13H17N. The zero-order chi connectivity index (χ0) is 10.1. The minimum atomic E-state index is 0.585. The molecule has 0 saturated carbocycles. The fourth-order valence-electron chi connectivity index (χ4n) is 2.03. The van der Waals surface area contributed by atoms with Crippen molar-refractivity contribution in [3.05, 3.63) is 35.5 Å². The Labute approximate surface area is 85.1 Å². The summed E-state index contributed by atoms with van der Waals surface area (Å²) in [6.07, 6.45) is 3.14. The van der Waals surface area contributed by atoms with Crippen molar-refractivity contribution in [1.29, 1.82) is 0 Å². The van der Waals surface area contributed by atoms with E-state index in [0.717, 1.165) is 6.42 Å². The summed E-state index contributed by atoms with van der Waals surface area (Å²) in [6.45, 7) is 6.68. The molecule has 0 spiro atoms. The summed E-state index contributed by atoms with van der Waals surface area (Å²) in [5.74, 6) is 0.585. The molecule has 0 atom stereocenters. The summed E-state index contributed by atoms with van der Waals surface area (Å²) in [6, 6.07) is 6.69. The number of rotatable bonds is 2. The smallest absolute Gasteiger partial charge is 0.0491 e. The van der Waals surface area contributed by atoms with E-state index in [2.05, 4.69) is 44.0 Å². The van der Waals surface area contributed by atoms with Gasteiger partial charge in [-0.1, -0.05) is 32.9 Å². The molecule has 74 valence electrons. The lowest BCUT2D eigenvalue weighted by Gasteiger charge is -2.09. The first-order valence-corrected chi connectivity index (χ1v) is 5.33. The van der Waals surface area contributed by atoms with Crippen molar-refractivity contribution in [3.63, 3.8) is 0 Å². The summed E-state index contributed by atoms with van der Waals surface area (Å²) >= 11 is 0. The third kappa shape index (κ3) is 1.33. The van der Waals surface area contributed by atoms with Crippen LogP contribution in [0.4, 0.5) is 0 Å². The van der Waals surface area contributed by atoms with Gasteiger partial charge in [-0.2, -0.15) is 0 Å². The average molecular weight is 187 g/mol. The number of hydrogen-bond acceptors (Lipinski definition) is 0. The van der Waals surface area contributed by atoms with Gasteiger partial charge in [0.05, 0.1) is 0 Å². The molecule has 1 aromatic heterocycles. The van der Waals surface area contributed by atoms with Crippen molar-refractivity contribution in [1.82, 2.24) is 4.98 Å². The predicted molar refractivity (Wildman–Crippen MR) is 61.8 cm³/mol. The largest absolute Gasteiger partial charge is 0.361 e. The van der Waals surface area contributed by atoms with E-state index >= 15 is 0 Å². The highest BCUT2D eigenvalue weighted by Gasteiger charge is 2.08. The van der Waals surface area contributed by atoms with Crippen LogP contribution in [0.1, 0.15) is 37.8 Å². The van der Waals surface area contributed by atoms with Crippen LogP contribution in [0.25, 0.3) is 10.9 Å². The second-order valence-electron chi connectivity index (χ2n) is 4.09. The molecule has 0 unspecified atom stereocenters. The molecule has 0 aliphatic heterocycles. The maximum atomic E-state index is 3.34. The van der Waals surface area contributed by atoms with Crippen LogP contribution >= 0.6 is 0 Å². The van der Waals surface area contributed by atoms with Gasteiger partial charge in [-0.15, -0.1) is 0 Å². The lowest BCUT2D eigenvalue weighted by Crippen LogP contribution is -1.91. The molecule has 1 heterocycles. The highest BCUT2D eigenvalue weighted by atomic mass is 14.7. The molecule has 2 rings (SSSR count). The zero-order valence-corrected chi connectivity index (χ0v) is 9.09. The standard InChI is InChI=1S/C13H17N/c1-4-10-5-6-11(9(2)3)13-12(10)7-8-14-13/h5-9,14H,4H2,1-3H3. The molecule has 0 bridgehead atoms. The maximum absolute atomic E-state index is 3.34. The molecule has 1 heteroatoms. The van der Waals surface area contributed by atoms with E-state index in [0.29, 0.717) is 5.92 Å². The number of nitrogens with one attached hydrogen (secondary N) is 1. The zero-order valence-electron chi connectivity index (χ0n) is 9.09. The molecule has 0 radical (unpaired) electrons. The SMILES string of the molecule is CCc1ccc(C(C)C)c2[nH]ccc12. The van der Waals surface area contributed by atoms with Crippen molar-refractivity contribution in [2.45, 2.75) is 33.1 Å². The van der Waals surface area contributed by atoms with Crippen LogP contribution in [0.3, 0.4) is 0 Å². The van der Waals surface area contributed by atoms with Crippen molar-refractivity contribution >= 4 is 10.9 Å². The molecule has 0 saturated heterocycles. The highest BCUT2D eigenvalue weighted by Crippen LogP contribution is 2.27. The normalized spacial score (nSPS) is 11.4. The first-order chi connectivity index (χ1) is 6.74. The van der Waals surface area contributed by atoms with Gasteiger partial charge in [-0.3, -0.25) is 0 Å². The second-order valence-corrected chi connectivity index (χ2v) is 4.09. The summed E-state index contributed by atoms with van der Waals surface area (Å²) in [4.78, 5) is 3.34. The molecule has 1 aromatic carbocycles. The number of aromatic amines is 1. The van der Waals surface area contributed by atoms with Gasteiger partial charge < -0.3 is 4.98 Å². The van der Waals surface area contributed by atoms with E-state index in [9.17, 15) is 0 Å². The van der Waals surface area contributed by atoms with Gasteiger partial charge in [0.2, 0.25) is 0 Å². The van der Waals surface area contributed by atoms with E-state index in [-0.39, 0.29) is 0 Å². The fraction of sp³-hybridized carbons (Fsp3) is 0.385. The van der Waals surface area contributed by atoms with Crippen LogP contribution in [0.2, 0.25) is 0 Å². The second kappa shape index (κ2) is 3.49. The van der Waals surface area contributed by atoms with Crippen LogP contribution < -0.4 is 0 Å². The third-order valence-electron chi connectivity index (χ3n) is 2.85. The molecule has 2 aromatic rings. The van der Waals surface area contributed by atoms with Crippen molar-refractivity contribution in [2.75, 3.05) is 0 Å². The van der Waals surface area contributed by atoms with Gasteiger partial charge in [-0.05, 0) is 29.5 Å². The number of hydrogen-bond donors (Lipinski definition) is 1. The molecule has 1 N–H and O–H groups in total. The van der Waals surface area contributed by atoms with Crippen LogP contribution in [-0.2, 0) is 6.42 Å². The summed E-state index contributed by atoms with van der Waals surface area (Å²) in [7, 11) is 0. The number of fused-ring (bicyclic) bond motifs is 1. The maximum Gasteiger partial charge on any atom is 0.0491 e. The monoisotopic (exact) mass is 187 g/mol. The Balaban J connectivity index is 2.72. The molecule has 0 fully saturated rings. The van der Waals surface area contributed by atoms with Crippen LogP contribution in [-0.4, -0.2) is 4.98 Å². The van der Waals surface area contributed by atoms with E-state index < -0.39 is 0 Å². The van der Waals surface area contributed by atoms with Gasteiger partial charge >= 0.3 is 0 Å². The Morgan fingerprint density at radius 3 is 2.64 bits per heavy atom. The van der Waals surface area contributed by atoms with E-state index in [1.165, 1.54) is 22.0 Å². The van der Waals surface area contributed by atoms with Crippen molar-refractivity contribution in [2.24, 2.45) is 0 Å². The summed E-state index contributed by atoms with van der Waals surface area (Å²) < 4.78 is 0. The Morgan fingerprint density at radius 1 is 1.21 bits per heavy atom. The number of aryl methyl sites for hydroxylation is 1. The average Bonchev–Trinajstić information content (AvgIpc) is 2.64. The molecule has 14 heavy (non-hydrogen) atoms. The molecule has 1 nitrogen and oxygen atoms in total. The first kappa shape index (κ1) is 9.32.